The highest BCUT2D eigenvalue weighted by atomic mass is 32.2. The maximum absolute atomic E-state index is 14.4. The van der Waals surface area contributed by atoms with Gasteiger partial charge in [-0.2, -0.15) is 8.78 Å². The standard InChI is InChI=1S/C18H20F2N4OS2/c1-26-23-12-2-3-13-11(12)6-14(27-13)15-10-4-5-18(19,20)16(10)22-17(21-15)24-7-9(25)8-24/h6,9,12,23,25H,2-5,7-8H2,1H3. The molecule has 0 amide bonds. The average molecular weight is 411 g/mol. The van der Waals surface area contributed by atoms with Crippen LogP contribution < -0.4 is 9.62 Å². The molecule has 1 atom stereocenters. The van der Waals surface area contributed by atoms with Crippen molar-refractivity contribution in [3.63, 3.8) is 0 Å². The molecular weight excluding hydrogens is 390 g/mol. The molecule has 2 aromatic heterocycles. The molecule has 1 unspecified atom stereocenters. The van der Waals surface area contributed by atoms with Crippen LogP contribution >= 0.6 is 23.3 Å². The third-order valence-electron chi connectivity index (χ3n) is 5.55. The second-order valence-corrected chi connectivity index (χ2v) is 9.15. The minimum atomic E-state index is -2.91. The second kappa shape index (κ2) is 6.37. The summed E-state index contributed by atoms with van der Waals surface area (Å²) < 4.78 is 32.3. The van der Waals surface area contributed by atoms with E-state index in [4.69, 9.17) is 0 Å². The van der Waals surface area contributed by atoms with E-state index < -0.39 is 12.0 Å². The summed E-state index contributed by atoms with van der Waals surface area (Å²) in [5, 5.41) is 9.57. The van der Waals surface area contributed by atoms with Crippen molar-refractivity contribution < 1.29 is 13.9 Å². The summed E-state index contributed by atoms with van der Waals surface area (Å²) in [7, 11) is 0. The van der Waals surface area contributed by atoms with E-state index in [9.17, 15) is 13.9 Å². The molecule has 5 rings (SSSR count). The number of aliphatic hydroxyl groups excluding tert-OH is 1. The van der Waals surface area contributed by atoms with Crippen LogP contribution in [0.1, 0.15) is 40.6 Å². The molecule has 144 valence electrons. The van der Waals surface area contributed by atoms with Gasteiger partial charge in [-0.25, -0.2) is 9.97 Å². The van der Waals surface area contributed by atoms with Crippen LogP contribution in [0.3, 0.4) is 0 Å². The number of alkyl halides is 2. The van der Waals surface area contributed by atoms with E-state index in [0.717, 1.165) is 17.7 Å². The van der Waals surface area contributed by atoms with Crippen molar-refractivity contribution in [2.75, 3.05) is 24.2 Å². The Kier molecular flexibility index (Phi) is 4.19. The second-order valence-electron chi connectivity index (χ2n) is 7.37. The molecular formula is C18H20F2N4OS2. The molecule has 2 aromatic rings. The van der Waals surface area contributed by atoms with Crippen LogP contribution in [0.5, 0.6) is 0 Å². The molecule has 3 aliphatic rings. The van der Waals surface area contributed by atoms with E-state index in [1.165, 1.54) is 10.4 Å². The molecule has 5 nitrogen and oxygen atoms in total. The lowest BCUT2D eigenvalue weighted by molar-refractivity contribution is -0.00596. The molecule has 2 aliphatic carbocycles. The van der Waals surface area contributed by atoms with Crippen LogP contribution in [-0.4, -0.2) is 40.5 Å². The zero-order valence-corrected chi connectivity index (χ0v) is 16.5. The largest absolute Gasteiger partial charge is 0.389 e. The van der Waals surface area contributed by atoms with Crippen molar-refractivity contribution in [3.05, 3.63) is 27.8 Å². The first kappa shape index (κ1) is 17.8. The maximum Gasteiger partial charge on any atom is 0.290 e. The van der Waals surface area contributed by atoms with Gasteiger partial charge < -0.3 is 10.0 Å². The van der Waals surface area contributed by atoms with Crippen molar-refractivity contribution in [1.29, 1.82) is 0 Å². The molecule has 0 aromatic carbocycles. The highest BCUT2D eigenvalue weighted by Gasteiger charge is 2.44. The molecule has 2 N–H and O–H groups in total. The first-order valence-corrected chi connectivity index (χ1v) is 11.1. The van der Waals surface area contributed by atoms with E-state index in [1.54, 1.807) is 28.2 Å². The van der Waals surface area contributed by atoms with E-state index in [0.29, 0.717) is 42.8 Å². The van der Waals surface area contributed by atoms with Gasteiger partial charge >= 0.3 is 0 Å². The van der Waals surface area contributed by atoms with Gasteiger partial charge in [-0.1, -0.05) is 11.9 Å². The van der Waals surface area contributed by atoms with Crippen molar-refractivity contribution in [1.82, 2.24) is 14.7 Å². The SMILES string of the molecule is CSNC1CCc2sc(-c3nc(N4CC(O)C4)nc4c3CCC4(F)F)cc21. The zero-order valence-electron chi connectivity index (χ0n) is 14.8. The van der Waals surface area contributed by atoms with E-state index in [-0.39, 0.29) is 12.1 Å². The van der Waals surface area contributed by atoms with Crippen molar-refractivity contribution >= 4 is 29.2 Å². The lowest BCUT2D eigenvalue weighted by Gasteiger charge is -2.36. The number of halogens is 2. The van der Waals surface area contributed by atoms with E-state index in [1.807, 2.05) is 6.26 Å². The predicted molar refractivity (Wildman–Crippen MR) is 103 cm³/mol. The van der Waals surface area contributed by atoms with E-state index in [2.05, 4.69) is 20.8 Å². The van der Waals surface area contributed by atoms with Gasteiger partial charge in [0.25, 0.3) is 5.92 Å². The molecule has 27 heavy (non-hydrogen) atoms. The van der Waals surface area contributed by atoms with Crippen LogP contribution in [0.2, 0.25) is 0 Å². The number of anilines is 1. The number of rotatable bonds is 4. The fraction of sp³-hybridized carbons (Fsp3) is 0.556. The van der Waals surface area contributed by atoms with Crippen molar-refractivity contribution in [2.24, 2.45) is 0 Å². The topological polar surface area (TPSA) is 61.3 Å². The Balaban J connectivity index is 1.59. The highest BCUT2D eigenvalue weighted by Crippen LogP contribution is 2.48. The Hall–Kier alpha value is -1.29. The Morgan fingerprint density at radius 3 is 2.89 bits per heavy atom. The molecule has 0 bridgehead atoms. The fourth-order valence-electron chi connectivity index (χ4n) is 4.12. The average Bonchev–Trinajstić information content (AvgIpc) is 3.26. The third-order valence-corrected chi connectivity index (χ3v) is 7.28. The summed E-state index contributed by atoms with van der Waals surface area (Å²) in [4.78, 5) is 12.9. The smallest absolute Gasteiger partial charge is 0.290 e. The molecule has 0 radical (unpaired) electrons. The monoisotopic (exact) mass is 410 g/mol. The summed E-state index contributed by atoms with van der Waals surface area (Å²) >= 11 is 3.27. The summed E-state index contributed by atoms with van der Waals surface area (Å²) in [6.45, 7) is 0.787. The summed E-state index contributed by atoms with van der Waals surface area (Å²) in [6.07, 6.45) is 3.74. The molecule has 3 heterocycles. The van der Waals surface area contributed by atoms with Crippen LogP contribution in [0.25, 0.3) is 10.6 Å². The molecule has 9 heteroatoms. The summed E-state index contributed by atoms with van der Waals surface area (Å²) in [5.74, 6) is -2.60. The predicted octanol–water partition coefficient (Wildman–Crippen LogP) is 3.28. The number of hydrogen-bond donors (Lipinski definition) is 2. The van der Waals surface area contributed by atoms with E-state index >= 15 is 0 Å². The molecule has 1 saturated heterocycles. The number of aliphatic hydroxyl groups is 1. The third kappa shape index (κ3) is 2.86. The summed E-state index contributed by atoms with van der Waals surface area (Å²) in [5.41, 5.74) is 2.37. The molecule has 0 saturated carbocycles. The number of aryl methyl sites for hydroxylation is 1. The van der Waals surface area contributed by atoms with Crippen LogP contribution in [0.15, 0.2) is 6.07 Å². The minimum Gasteiger partial charge on any atom is -0.389 e. The number of nitrogens with one attached hydrogen (secondary N) is 1. The maximum atomic E-state index is 14.4. The lowest BCUT2D eigenvalue weighted by Crippen LogP contribution is -2.51. The van der Waals surface area contributed by atoms with Gasteiger partial charge in [0, 0.05) is 36.0 Å². The van der Waals surface area contributed by atoms with Crippen LogP contribution in [0.4, 0.5) is 14.7 Å². The number of nitrogens with zero attached hydrogens (tertiary/aromatic N) is 3. The van der Waals surface area contributed by atoms with Gasteiger partial charge in [-0.3, -0.25) is 4.72 Å². The lowest BCUT2D eigenvalue weighted by atomic mass is 10.1. The normalized spacial score (nSPS) is 23.4. The van der Waals surface area contributed by atoms with Gasteiger partial charge in [0.05, 0.1) is 16.7 Å². The van der Waals surface area contributed by atoms with Crippen LogP contribution in [0, 0.1) is 0 Å². The number of aromatic nitrogens is 2. The van der Waals surface area contributed by atoms with Crippen LogP contribution in [-0.2, 0) is 18.8 Å². The zero-order chi connectivity index (χ0) is 18.8. The molecule has 1 fully saturated rings. The summed E-state index contributed by atoms with van der Waals surface area (Å²) in [6, 6.07) is 2.43. The number of thiophene rings is 1. The number of fused-ring (bicyclic) bond motifs is 2. The van der Waals surface area contributed by atoms with Gasteiger partial charge in [-0.05, 0) is 37.1 Å². The Morgan fingerprint density at radius 1 is 1.33 bits per heavy atom. The van der Waals surface area contributed by atoms with Gasteiger partial charge in [0.1, 0.15) is 5.69 Å². The molecule has 1 aliphatic heterocycles. The van der Waals surface area contributed by atoms with Gasteiger partial charge in [-0.15, -0.1) is 11.3 Å². The number of β-amino-alcohol motifs (C(OH)–C–C–N with tert-alkyl or cyclic N) is 1. The Morgan fingerprint density at radius 2 is 2.15 bits per heavy atom. The molecule has 0 spiro atoms. The Bertz CT molecular complexity index is 898. The quantitative estimate of drug-likeness (QED) is 0.755. The van der Waals surface area contributed by atoms with Crippen molar-refractivity contribution in [2.45, 2.75) is 43.8 Å². The first-order valence-electron chi connectivity index (χ1n) is 9.10. The minimum absolute atomic E-state index is 0.128. The number of hydrogen-bond acceptors (Lipinski definition) is 7. The van der Waals surface area contributed by atoms with Crippen molar-refractivity contribution in [3.8, 4) is 10.6 Å². The first-order chi connectivity index (χ1) is 13.0. The van der Waals surface area contributed by atoms with Gasteiger partial charge in [0.15, 0.2) is 0 Å². The fourth-order valence-corrected chi connectivity index (χ4v) is 5.91. The highest BCUT2D eigenvalue weighted by molar-refractivity contribution is 7.96. The van der Waals surface area contributed by atoms with Gasteiger partial charge in [0.2, 0.25) is 5.95 Å². The Labute approximate surface area is 164 Å².